The summed E-state index contributed by atoms with van der Waals surface area (Å²) in [4.78, 5) is 17.2. The highest BCUT2D eigenvalue weighted by molar-refractivity contribution is 7.89. The fraction of sp³-hybridized carbons (Fsp3) is 0.435. The van der Waals surface area contributed by atoms with Crippen molar-refractivity contribution >= 4 is 21.7 Å². The minimum atomic E-state index is -3.55. The van der Waals surface area contributed by atoms with Gasteiger partial charge in [0.1, 0.15) is 0 Å². The van der Waals surface area contributed by atoms with Crippen molar-refractivity contribution in [3.63, 3.8) is 0 Å². The van der Waals surface area contributed by atoms with Crippen LogP contribution in [0, 0.1) is 6.92 Å². The lowest BCUT2D eigenvalue weighted by Gasteiger charge is -2.38. The van der Waals surface area contributed by atoms with Crippen molar-refractivity contribution < 1.29 is 13.2 Å². The van der Waals surface area contributed by atoms with Gasteiger partial charge in [-0.25, -0.2) is 13.2 Å². The Kier molecular flexibility index (Phi) is 6.48. The minimum absolute atomic E-state index is 0.104. The van der Waals surface area contributed by atoms with Crippen molar-refractivity contribution in [3.05, 3.63) is 60.2 Å². The van der Waals surface area contributed by atoms with E-state index in [0.29, 0.717) is 31.1 Å². The van der Waals surface area contributed by atoms with Crippen LogP contribution in [0.5, 0.6) is 0 Å². The second kappa shape index (κ2) is 9.28. The van der Waals surface area contributed by atoms with E-state index in [-0.39, 0.29) is 12.1 Å². The summed E-state index contributed by atoms with van der Waals surface area (Å²) in [6.07, 6.45) is 1.52. The second-order valence-corrected chi connectivity index (χ2v) is 10.2. The summed E-state index contributed by atoms with van der Waals surface area (Å²) in [5.41, 5.74) is 2.20. The molecular weight excluding hydrogens is 412 g/mol. The average Bonchev–Trinajstić information content (AvgIpc) is 2.80. The Hall–Kier alpha value is -2.58. The molecule has 0 saturated carbocycles. The van der Waals surface area contributed by atoms with Gasteiger partial charge < -0.3 is 15.1 Å². The predicted molar refractivity (Wildman–Crippen MR) is 122 cm³/mol. The molecular formula is C23H30N4O3S. The maximum absolute atomic E-state index is 13.0. The van der Waals surface area contributed by atoms with Gasteiger partial charge in [0.05, 0.1) is 4.90 Å². The number of nitrogens with one attached hydrogen (secondary N) is 1. The van der Waals surface area contributed by atoms with Crippen LogP contribution >= 0.6 is 0 Å². The normalized spacial score (nSPS) is 20.5. The molecule has 2 amide bonds. The number of carbonyl (C=O) groups is 1. The van der Waals surface area contributed by atoms with Crippen LogP contribution in [0.3, 0.4) is 0 Å². The van der Waals surface area contributed by atoms with Gasteiger partial charge in [-0.15, -0.1) is 0 Å². The van der Waals surface area contributed by atoms with Gasteiger partial charge in [-0.05, 0) is 44.0 Å². The van der Waals surface area contributed by atoms with Crippen LogP contribution in [0.15, 0.2) is 59.5 Å². The number of hydrogen-bond acceptors (Lipinski definition) is 4. The highest BCUT2D eigenvalue weighted by atomic mass is 32.2. The molecule has 2 aliphatic heterocycles. The third-order valence-electron chi connectivity index (χ3n) is 6.06. The lowest BCUT2D eigenvalue weighted by atomic mass is 10.1. The van der Waals surface area contributed by atoms with Gasteiger partial charge in [0, 0.05) is 51.0 Å². The first-order chi connectivity index (χ1) is 14.9. The van der Waals surface area contributed by atoms with Crippen LogP contribution in [-0.4, -0.2) is 69.0 Å². The molecule has 0 radical (unpaired) electrons. The van der Waals surface area contributed by atoms with E-state index in [1.165, 1.54) is 9.99 Å². The van der Waals surface area contributed by atoms with E-state index in [1.54, 1.807) is 12.1 Å². The summed E-state index contributed by atoms with van der Waals surface area (Å²) in [5.74, 6) is 0. The van der Waals surface area contributed by atoms with Gasteiger partial charge >= 0.3 is 6.03 Å². The zero-order chi connectivity index (χ0) is 21.8. The SMILES string of the molecule is Cc1ccc(S(=O)(=O)N2CCC[C@H](NC(=O)N3CCN(c4ccccc4)CC3)C2)cc1. The first kappa shape index (κ1) is 21.6. The van der Waals surface area contributed by atoms with Crippen molar-refractivity contribution in [1.82, 2.24) is 14.5 Å². The number of piperidine rings is 1. The molecule has 0 spiro atoms. The van der Waals surface area contributed by atoms with Crippen molar-refractivity contribution in [2.75, 3.05) is 44.2 Å². The number of carbonyl (C=O) groups excluding carboxylic acids is 1. The molecule has 0 aromatic heterocycles. The standard InChI is InChI=1S/C23H30N4O3S/c1-19-9-11-22(12-10-19)31(29,30)27-13-5-6-20(18-27)24-23(28)26-16-14-25(15-17-26)21-7-3-2-4-8-21/h2-4,7-12,20H,5-6,13-18H2,1H3,(H,24,28)/t20-/m0/s1. The number of benzene rings is 2. The second-order valence-electron chi connectivity index (χ2n) is 8.27. The Labute approximate surface area is 184 Å². The molecule has 2 heterocycles. The number of hydrogen-bond donors (Lipinski definition) is 1. The van der Waals surface area contributed by atoms with Gasteiger partial charge in [-0.3, -0.25) is 0 Å². The van der Waals surface area contributed by atoms with Crippen LogP contribution in [-0.2, 0) is 10.0 Å². The molecule has 1 N–H and O–H groups in total. The maximum Gasteiger partial charge on any atom is 0.317 e. The van der Waals surface area contributed by atoms with Crippen molar-refractivity contribution in [2.45, 2.75) is 30.7 Å². The fourth-order valence-electron chi connectivity index (χ4n) is 4.21. The summed E-state index contributed by atoms with van der Waals surface area (Å²) in [7, 11) is -3.55. The Morgan fingerprint density at radius 2 is 1.61 bits per heavy atom. The Morgan fingerprint density at radius 1 is 0.935 bits per heavy atom. The van der Waals surface area contributed by atoms with E-state index >= 15 is 0 Å². The Balaban J connectivity index is 1.32. The zero-order valence-corrected chi connectivity index (χ0v) is 18.7. The molecule has 2 fully saturated rings. The molecule has 2 aromatic rings. The summed E-state index contributed by atoms with van der Waals surface area (Å²) in [6.45, 7) is 5.61. The Morgan fingerprint density at radius 3 is 2.29 bits per heavy atom. The number of sulfonamides is 1. The smallest absolute Gasteiger partial charge is 0.317 e. The number of aryl methyl sites for hydroxylation is 1. The Bertz CT molecular complexity index is 987. The highest BCUT2D eigenvalue weighted by Gasteiger charge is 2.32. The van der Waals surface area contributed by atoms with Crippen LogP contribution in [0.1, 0.15) is 18.4 Å². The largest absolute Gasteiger partial charge is 0.368 e. The predicted octanol–water partition coefficient (Wildman–Crippen LogP) is 2.68. The fourth-order valence-corrected chi connectivity index (χ4v) is 5.73. The quantitative estimate of drug-likeness (QED) is 0.790. The van der Waals surface area contributed by atoms with Crippen LogP contribution in [0.25, 0.3) is 0 Å². The molecule has 7 nitrogen and oxygen atoms in total. The van der Waals surface area contributed by atoms with Gasteiger partial charge in [0.15, 0.2) is 0 Å². The third kappa shape index (κ3) is 5.02. The van der Waals surface area contributed by atoms with Crippen LogP contribution < -0.4 is 10.2 Å². The number of nitrogens with zero attached hydrogens (tertiary/aromatic N) is 3. The molecule has 31 heavy (non-hydrogen) atoms. The molecule has 0 unspecified atom stereocenters. The van der Waals surface area contributed by atoms with E-state index in [9.17, 15) is 13.2 Å². The molecule has 4 rings (SSSR count). The van der Waals surface area contributed by atoms with Gasteiger partial charge in [-0.1, -0.05) is 35.9 Å². The molecule has 2 aromatic carbocycles. The van der Waals surface area contributed by atoms with Gasteiger partial charge in [-0.2, -0.15) is 4.31 Å². The molecule has 0 bridgehead atoms. The van der Waals surface area contributed by atoms with Crippen molar-refractivity contribution in [1.29, 1.82) is 0 Å². The van der Waals surface area contributed by atoms with E-state index < -0.39 is 10.0 Å². The monoisotopic (exact) mass is 442 g/mol. The van der Waals surface area contributed by atoms with E-state index in [2.05, 4.69) is 22.3 Å². The third-order valence-corrected chi connectivity index (χ3v) is 7.94. The summed E-state index contributed by atoms with van der Waals surface area (Å²) in [5, 5.41) is 3.07. The molecule has 0 aliphatic carbocycles. The lowest BCUT2D eigenvalue weighted by Crippen LogP contribution is -2.56. The van der Waals surface area contributed by atoms with Crippen LogP contribution in [0.4, 0.5) is 10.5 Å². The average molecular weight is 443 g/mol. The first-order valence-corrected chi connectivity index (χ1v) is 12.3. The number of amides is 2. The van der Waals surface area contributed by atoms with Gasteiger partial charge in [0.25, 0.3) is 0 Å². The molecule has 1 atom stereocenters. The number of para-hydroxylation sites is 1. The maximum atomic E-state index is 13.0. The minimum Gasteiger partial charge on any atom is -0.368 e. The van der Waals surface area contributed by atoms with Gasteiger partial charge in [0.2, 0.25) is 10.0 Å². The summed E-state index contributed by atoms with van der Waals surface area (Å²) < 4.78 is 27.5. The number of urea groups is 1. The lowest BCUT2D eigenvalue weighted by molar-refractivity contribution is 0.183. The van der Waals surface area contributed by atoms with Crippen molar-refractivity contribution in [3.8, 4) is 0 Å². The zero-order valence-electron chi connectivity index (χ0n) is 17.9. The summed E-state index contributed by atoms with van der Waals surface area (Å²) in [6, 6.07) is 16.9. The molecule has 166 valence electrons. The van der Waals surface area contributed by atoms with Crippen LogP contribution in [0.2, 0.25) is 0 Å². The molecule has 2 saturated heterocycles. The van der Waals surface area contributed by atoms with E-state index in [4.69, 9.17) is 0 Å². The summed E-state index contributed by atoms with van der Waals surface area (Å²) >= 11 is 0. The molecule has 2 aliphatic rings. The van der Waals surface area contributed by atoms with Crippen molar-refractivity contribution in [2.24, 2.45) is 0 Å². The molecule has 8 heteroatoms. The number of anilines is 1. The topological polar surface area (TPSA) is 73.0 Å². The number of piperazine rings is 1. The van der Waals surface area contributed by atoms with E-state index in [1.807, 2.05) is 42.2 Å². The van der Waals surface area contributed by atoms with E-state index in [0.717, 1.165) is 31.5 Å². The first-order valence-electron chi connectivity index (χ1n) is 10.9. The number of rotatable bonds is 4. The highest BCUT2D eigenvalue weighted by Crippen LogP contribution is 2.22.